The highest BCUT2D eigenvalue weighted by molar-refractivity contribution is 5.64. The van der Waals surface area contributed by atoms with E-state index in [-0.39, 0.29) is 5.92 Å². The van der Waals surface area contributed by atoms with Gasteiger partial charge in [-0.25, -0.2) is 0 Å². The molecule has 0 amide bonds. The SMILES string of the molecule is Cc1nc(C[C@H]2CCCN(c3cccc(F)c3[N+](=O)[O-])C2)no1. The van der Waals surface area contributed by atoms with E-state index in [4.69, 9.17) is 4.52 Å². The molecule has 2 heterocycles. The number of nitro benzene ring substituents is 1. The minimum atomic E-state index is -0.802. The van der Waals surface area contributed by atoms with E-state index in [9.17, 15) is 14.5 Å². The molecule has 2 aromatic rings. The monoisotopic (exact) mass is 320 g/mol. The highest BCUT2D eigenvalue weighted by atomic mass is 19.1. The fraction of sp³-hybridized carbons (Fsp3) is 0.467. The van der Waals surface area contributed by atoms with Crippen LogP contribution in [0.2, 0.25) is 0 Å². The van der Waals surface area contributed by atoms with Gasteiger partial charge in [-0.15, -0.1) is 0 Å². The van der Waals surface area contributed by atoms with Crippen molar-refractivity contribution in [1.82, 2.24) is 10.1 Å². The third-order valence-corrected chi connectivity index (χ3v) is 4.05. The summed E-state index contributed by atoms with van der Waals surface area (Å²) in [4.78, 5) is 16.6. The Kier molecular flexibility index (Phi) is 4.22. The van der Waals surface area contributed by atoms with Gasteiger partial charge in [0.25, 0.3) is 0 Å². The van der Waals surface area contributed by atoms with E-state index in [1.807, 2.05) is 4.90 Å². The molecule has 7 nitrogen and oxygen atoms in total. The summed E-state index contributed by atoms with van der Waals surface area (Å²) in [6.45, 7) is 3.02. The van der Waals surface area contributed by atoms with Gasteiger partial charge < -0.3 is 9.42 Å². The molecule has 23 heavy (non-hydrogen) atoms. The van der Waals surface area contributed by atoms with Crippen LogP contribution in [0.25, 0.3) is 0 Å². The van der Waals surface area contributed by atoms with Crippen LogP contribution >= 0.6 is 0 Å². The summed E-state index contributed by atoms with van der Waals surface area (Å²) in [5, 5.41) is 15.1. The maximum atomic E-state index is 13.8. The van der Waals surface area contributed by atoms with Crippen LogP contribution in [0.3, 0.4) is 0 Å². The maximum Gasteiger partial charge on any atom is 0.327 e. The molecule has 0 spiro atoms. The number of benzene rings is 1. The molecule has 122 valence electrons. The second-order valence-corrected chi connectivity index (χ2v) is 5.75. The van der Waals surface area contributed by atoms with Crippen LogP contribution in [0.5, 0.6) is 0 Å². The molecule has 1 aromatic heterocycles. The first-order chi connectivity index (χ1) is 11.0. The van der Waals surface area contributed by atoms with Gasteiger partial charge in [0.1, 0.15) is 5.69 Å². The van der Waals surface area contributed by atoms with Crippen molar-refractivity contribution in [2.45, 2.75) is 26.2 Å². The van der Waals surface area contributed by atoms with Crippen LogP contribution in [0, 0.1) is 28.8 Å². The van der Waals surface area contributed by atoms with Crippen LogP contribution in [0.15, 0.2) is 22.7 Å². The summed E-state index contributed by atoms with van der Waals surface area (Å²) in [6, 6.07) is 4.22. The molecule has 1 saturated heterocycles. The topological polar surface area (TPSA) is 85.3 Å². The Hall–Kier alpha value is -2.51. The first-order valence-electron chi connectivity index (χ1n) is 7.51. The number of hydrogen-bond donors (Lipinski definition) is 0. The van der Waals surface area contributed by atoms with Crippen molar-refractivity contribution in [3.63, 3.8) is 0 Å². The molecule has 3 rings (SSSR count). The Balaban J connectivity index is 1.79. The third-order valence-electron chi connectivity index (χ3n) is 4.05. The molecule has 8 heteroatoms. The maximum absolute atomic E-state index is 13.8. The van der Waals surface area contributed by atoms with E-state index in [2.05, 4.69) is 10.1 Å². The number of aromatic nitrogens is 2. The van der Waals surface area contributed by atoms with Gasteiger partial charge in [-0.2, -0.15) is 9.37 Å². The van der Waals surface area contributed by atoms with E-state index in [0.717, 1.165) is 18.9 Å². The molecular formula is C15H17FN4O3. The number of rotatable bonds is 4. The van der Waals surface area contributed by atoms with Gasteiger partial charge >= 0.3 is 5.69 Å². The molecule has 1 aliphatic heterocycles. The number of hydrogen-bond acceptors (Lipinski definition) is 6. The molecule has 1 aromatic carbocycles. The Morgan fingerprint density at radius 2 is 2.35 bits per heavy atom. The predicted octanol–water partition coefficient (Wildman–Crippen LogP) is 2.88. The largest absolute Gasteiger partial charge is 0.366 e. The van der Waals surface area contributed by atoms with Gasteiger partial charge in [0.05, 0.1) is 4.92 Å². The normalized spacial score (nSPS) is 18.2. The quantitative estimate of drug-likeness (QED) is 0.636. The summed E-state index contributed by atoms with van der Waals surface area (Å²) < 4.78 is 18.8. The van der Waals surface area contributed by atoms with Crippen molar-refractivity contribution in [3.05, 3.63) is 45.8 Å². The number of aryl methyl sites for hydroxylation is 1. The molecule has 0 saturated carbocycles. The molecule has 1 fully saturated rings. The Labute approximate surface area is 132 Å². The molecule has 0 aliphatic carbocycles. The lowest BCUT2D eigenvalue weighted by atomic mass is 9.94. The summed E-state index contributed by atoms with van der Waals surface area (Å²) in [5.74, 6) is 0.614. The number of para-hydroxylation sites is 1. The molecule has 0 bridgehead atoms. The van der Waals surface area contributed by atoms with Gasteiger partial charge in [-0.3, -0.25) is 10.1 Å². The average Bonchev–Trinajstić information content (AvgIpc) is 2.92. The van der Waals surface area contributed by atoms with Gasteiger partial charge in [0.2, 0.25) is 11.7 Å². The molecule has 1 atom stereocenters. The van der Waals surface area contributed by atoms with Crippen LogP contribution in [0.4, 0.5) is 15.8 Å². The first-order valence-corrected chi connectivity index (χ1v) is 7.51. The number of anilines is 1. The highest BCUT2D eigenvalue weighted by Crippen LogP contribution is 2.34. The number of nitrogens with zero attached hydrogens (tertiary/aromatic N) is 4. The van der Waals surface area contributed by atoms with E-state index in [1.165, 1.54) is 6.07 Å². The van der Waals surface area contributed by atoms with Gasteiger partial charge in [-0.05, 0) is 30.9 Å². The number of halogens is 1. The first kappa shape index (κ1) is 15.4. The lowest BCUT2D eigenvalue weighted by Crippen LogP contribution is -2.36. The van der Waals surface area contributed by atoms with Gasteiger partial charge in [0.15, 0.2) is 5.82 Å². The minimum absolute atomic E-state index is 0.253. The lowest BCUT2D eigenvalue weighted by Gasteiger charge is -2.33. The molecule has 0 N–H and O–H groups in total. The second kappa shape index (κ2) is 6.31. The van der Waals surface area contributed by atoms with Gasteiger partial charge in [-0.1, -0.05) is 11.2 Å². The summed E-state index contributed by atoms with van der Waals surface area (Å²) in [5.41, 5.74) is -0.118. The van der Waals surface area contributed by atoms with Crippen molar-refractivity contribution >= 4 is 11.4 Å². The Morgan fingerprint density at radius 3 is 3.04 bits per heavy atom. The number of nitro groups is 1. The van der Waals surface area contributed by atoms with Crippen molar-refractivity contribution in [1.29, 1.82) is 0 Å². The fourth-order valence-electron chi connectivity index (χ4n) is 3.07. The predicted molar refractivity (Wildman–Crippen MR) is 80.7 cm³/mol. The smallest absolute Gasteiger partial charge is 0.327 e. The Morgan fingerprint density at radius 1 is 1.52 bits per heavy atom. The molecular weight excluding hydrogens is 303 g/mol. The van der Waals surface area contributed by atoms with Gasteiger partial charge in [0, 0.05) is 26.4 Å². The van der Waals surface area contributed by atoms with Crippen molar-refractivity contribution in [3.8, 4) is 0 Å². The van der Waals surface area contributed by atoms with E-state index >= 15 is 0 Å². The number of piperidine rings is 1. The minimum Gasteiger partial charge on any atom is -0.366 e. The highest BCUT2D eigenvalue weighted by Gasteiger charge is 2.28. The summed E-state index contributed by atoms with van der Waals surface area (Å²) in [6.07, 6.45) is 2.51. The van der Waals surface area contributed by atoms with Crippen molar-refractivity contribution < 1.29 is 13.8 Å². The average molecular weight is 320 g/mol. The van der Waals surface area contributed by atoms with E-state index in [0.29, 0.717) is 36.9 Å². The van der Waals surface area contributed by atoms with Crippen LogP contribution in [-0.4, -0.2) is 28.2 Å². The standard InChI is InChI=1S/C15H17FN4O3/c1-10-17-14(18-23-10)8-11-4-3-7-19(9-11)13-6-2-5-12(16)15(13)20(21)22/h2,5-6,11H,3-4,7-9H2,1H3/t11-/m1/s1. The zero-order valence-corrected chi connectivity index (χ0v) is 12.7. The molecule has 0 radical (unpaired) electrons. The Bertz CT molecular complexity index is 718. The summed E-state index contributed by atoms with van der Waals surface area (Å²) >= 11 is 0. The van der Waals surface area contributed by atoms with E-state index < -0.39 is 16.4 Å². The van der Waals surface area contributed by atoms with Crippen LogP contribution in [0.1, 0.15) is 24.6 Å². The van der Waals surface area contributed by atoms with Crippen LogP contribution < -0.4 is 4.90 Å². The van der Waals surface area contributed by atoms with E-state index in [1.54, 1.807) is 13.0 Å². The van der Waals surface area contributed by atoms with Crippen LogP contribution in [-0.2, 0) is 6.42 Å². The molecule has 1 aliphatic rings. The zero-order valence-electron chi connectivity index (χ0n) is 12.7. The lowest BCUT2D eigenvalue weighted by molar-refractivity contribution is -0.386. The van der Waals surface area contributed by atoms with Crippen molar-refractivity contribution in [2.75, 3.05) is 18.0 Å². The summed E-state index contributed by atoms with van der Waals surface area (Å²) in [7, 11) is 0. The third kappa shape index (κ3) is 3.30. The zero-order chi connectivity index (χ0) is 16.4. The fourth-order valence-corrected chi connectivity index (χ4v) is 3.07. The molecule has 0 unspecified atom stereocenters. The second-order valence-electron chi connectivity index (χ2n) is 5.75. The van der Waals surface area contributed by atoms with Crippen molar-refractivity contribution in [2.24, 2.45) is 5.92 Å².